The van der Waals surface area contributed by atoms with Crippen molar-refractivity contribution in [3.8, 4) is 5.69 Å². The fourth-order valence-electron chi connectivity index (χ4n) is 3.84. The highest BCUT2D eigenvalue weighted by Crippen LogP contribution is 2.35. The number of aryl methyl sites for hydroxylation is 1. The van der Waals surface area contributed by atoms with E-state index in [9.17, 15) is 38.9 Å². The lowest BCUT2D eigenvalue weighted by Gasteiger charge is -2.10. The summed E-state index contributed by atoms with van der Waals surface area (Å²) in [7, 11) is -14.1. The largest absolute Gasteiger partial charge is 0.382 e. The first-order valence-corrected chi connectivity index (χ1v) is 15.8. The molecule has 5 N–H and O–H groups in total. The van der Waals surface area contributed by atoms with E-state index < -0.39 is 40.1 Å². The molecule has 0 bridgehead atoms. The van der Waals surface area contributed by atoms with Crippen LogP contribution < -0.4 is 5.73 Å². The highest BCUT2D eigenvalue weighted by atomic mass is 32.2. The first-order valence-electron chi connectivity index (χ1n) is 10.7. The third-order valence-electron chi connectivity index (χ3n) is 5.64. The Kier molecular flexibility index (Phi) is 6.49. The van der Waals surface area contributed by atoms with Gasteiger partial charge in [-0.1, -0.05) is 17.4 Å². The lowest BCUT2D eigenvalue weighted by atomic mass is 10.1. The van der Waals surface area contributed by atoms with Crippen LogP contribution in [0.4, 0.5) is 16.6 Å². The molecule has 3 aromatic carbocycles. The lowest BCUT2D eigenvalue weighted by Crippen LogP contribution is -2.05. The number of nitrogens with two attached hydrogens (primary N) is 1. The number of azo groups is 1. The van der Waals surface area contributed by atoms with Crippen LogP contribution in [0.1, 0.15) is 5.69 Å². The van der Waals surface area contributed by atoms with E-state index in [1.54, 1.807) is 6.92 Å². The first-order chi connectivity index (χ1) is 18.5. The molecule has 0 aliphatic carbocycles. The molecule has 40 heavy (non-hydrogen) atoms. The zero-order chi connectivity index (χ0) is 29.2. The predicted molar refractivity (Wildman–Crippen MR) is 143 cm³/mol. The Morgan fingerprint density at radius 2 is 1.55 bits per heavy atom. The molecule has 0 spiro atoms. The number of hydrogen-bond acceptors (Lipinski definition) is 12. The Hall–Kier alpha value is -3.85. The molecule has 0 unspecified atom stereocenters. The van der Waals surface area contributed by atoms with Gasteiger partial charge >= 0.3 is 0 Å². The number of nitrogens with zero attached hydrogens (tertiary/aromatic N) is 5. The third kappa shape index (κ3) is 5.18. The maximum Gasteiger partial charge on any atom is 0.295 e. The summed E-state index contributed by atoms with van der Waals surface area (Å²) in [6, 6.07) is 9.63. The van der Waals surface area contributed by atoms with E-state index in [0.717, 1.165) is 17.4 Å². The average molecular weight is 625 g/mol. The van der Waals surface area contributed by atoms with E-state index in [1.165, 1.54) is 41.1 Å². The summed E-state index contributed by atoms with van der Waals surface area (Å²) in [5.41, 5.74) is 7.28. The van der Waals surface area contributed by atoms with Gasteiger partial charge in [-0.2, -0.15) is 30.4 Å². The van der Waals surface area contributed by atoms with Gasteiger partial charge in [0, 0.05) is 5.39 Å². The van der Waals surface area contributed by atoms with Gasteiger partial charge in [-0.3, -0.25) is 13.7 Å². The van der Waals surface area contributed by atoms with Crippen molar-refractivity contribution in [2.24, 2.45) is 10.2 Å². The second kappa shape index (κ2) is 9.37. The molecule has 0 amide bonds. The molecule has 2 heterocycles. The van der Waals surface area contributed by atoms with Crippen molar-refractivity contribution in [1.29, 1.82) is 0 Å². The van der Waals surface area contributed by atoms with Gasteiger partial charge < -0.3 is 5.73 Å². The van der Waals surface area contributed by atoms with E-state index in [1.807, 2.05) is 0 Å². The maximum atomic E-state index is 11.9. The second-order valence-corrected chi connectivity index (χ2v) is 13.6. The molecule has 0 aliphatic heterocycles. The summed E-state index contributed by atoms with van der Waals surface area (Å²) < 4.78 is 100.0. The van der Waals surface area contributed by atoms with Crippen LogP contribution in [-0.2, 0) is 30.4 Å². The first kappa shape index (κ1) is 27.7. The fraction of sp³-hybridized carbons (Fsp3) is 0.0476. The SMILES string of the molecule is Cc1nn(-c2ccc3c(S(=O)(=O)O)cc(S(=O)(=O)O)cc3c2)c(N)c1N=Nc1nc2cc(S(=O)(=O)O)ccc2s1. The summed E-state index contributed by atoms with van der Waals surface area (Å²) in [6.07, 6.45) is 0. The highest BCUT2D eigenvalue weighted by Gasteiger charge is 2.22. The molecule has 0 fully saturated rings. The molecule has 0 saturated carbocycles. The summed E-state index contributed by atoms with van der Waals surface area (Å²) >= 11 is 1.10. The normalized spacial score (nSPS) is 13.1. The van der Waals surface area contributed by atoms with Crippen LogP contribution in [0.5, 0.6) is 0 Å². The molecular formula is C21H16N6O9S4. The van der Waals surface area contributed by atoms with Gasteiger partial charge in [0.2, 0.25) is 5.13 Å². The van der Waals surface area contributed by atoms with Crippen molar-refractivity contribution >= 4 is 79.3 Å². The van der Waals surface area contributed by atoms with Crippen molar-refractivity contribution in [3.05, 3.63) is 54.2 Å². The monoisotopic (exact) mass is 624 g/mol. The molecule has 0 atom stereocenters. The molecule has 15 nitrogen and oxygen atoms in total. The van der Waals surface area contributed by atoms with E-state index in [4.69, 9.17) is 5.73 Å². The number of fused-ring (bicyclic) bond motifs is 2. The Morgan fingerprint density at radius 1 is 0.850 bits per heavy atom. The van der Waals surface area contributed by atoms with Gasteiger partial charge in [0.25, 0.3) is 30.4 Å². The van der Waals surface area contributed by atoms with Crippen molar-refractivity contribution < 1.29 is 38.9 Å². The van der Waals surface area contributed by atoms with Gasteiger partial charge in [0.05, 0.1) is 31.4 Å². The third-order valence-corrected chi connectivity index (χ3v) is 9.13. The minimum Gasteiger partial charge on any atom is -0.382 e. The van der Waals surface area contributed by atoms with Crippen LogP contribution in [0.2, 0.25) is 0 Å². The molecule has 208 valence electrons. The summed E-state index contributed by atoms with van der Waals surface area (Å²) in [5, 5.41) is 12.7. The van der Waals surface area contributed by atoms with Gasteiger partial charge in [-0.05, 0) is 54.8 Å². The van der Waals surface area contributed by atoms with Crippen LogP contribution >= 0.6 is 11.3 Å². The summed E-state index contributed by atoms with van der Waals surface area (Å²) in [4.78, 5) is 2.40. The zero-order valence-electron chi connectivity index (χ0n) is 19.9. The maximum absolute atomic E-state index is 11.9. The van der Waals surface area contributed by atoms with Crippen molar-refractivity contribution in [1.82, 2.24) is 14.8 Å². The number of hydrogen-bond donors (Lipinski definition) is 4. The van der Waals surface area contributed by atoms with Gasteiger partial charge in [0.1, 0.15) is 4.90 Å². The molecule has 19 heteroatoms. The summed E-state index contributed by atoms with van der Waals surface area (Å²) in [5.74, 6) is 0.0105. The fourth-order valence-corrected chi connectivity index (χ4v) is 6.46. The Bertz CT molecular complexity index is 2220. The molecule has 0 saturated heterocycles. The molecule has 0 radical (unpaired) electrons. The smallest absolute Gasteiger partial charge is 0.295 e. The van der Waals surface area contributed by atoms with Crippen molar-refractivity contribution in [3.63, 3.8) is 0 Å². The van der Waals surface area contributed by atoms with Gasteiger partial charge in [-0.15, -0.1) is 10.2 Å². The summed E-state index contributed by atoms with van der Waals surface area (Å²) in [6.45, 7) is 1.59. The van der Waals surface area contributed by atoms with Crippen LogP contribution in [0.25, 0.3) is 26.7 Å². The number of rotatable bonds is 6. The van der Waals surface area contributed by atoms with E-state index in [0.29, 0.717) is 16.5 Å². The number of nitrogen functional groups attached to an aromatic ring is 1. The van der Waals surface area contributed by atoms with Crippen LogP contribution in [-0.4, -0.2) is 53.7 Å². The van der Waals surface area contributed by atoms with Crippen LogP contribution in [0.3, 0.4) is 0 Å². The number of anilines is 1. The molecule has 0 aliphatic rings. The average Bonchev–Trinajstić information content (AvgIpc) is 3.38. The molecule has 5 aromatic rings. The number of benzene rings is 3. The number of aromatic nitrogens is 3. The molecule has 5 rings (SSSR count). The van der Waals surface area contributed by atoms with Crippen molar-refractivity contribution in [2.75, 3.05) is 5.73 Å². The minimum absolute atomic E-state index is 0.0105. The zero-order valence-corrected chi connectivity index (χ0v) is 23.1. The van der Waals surface area contributed by atoms with Crippen LogP contribution in [0.15, 0.2) is 73.4 Å². The standard InChI is InChI=1S/C21H16N6O9S4/c1-10-19(24-25-21-23-16-8-13(38(28,29)30)3-5-17(16)37-21)20(22)27(26-10)12-2-4-15-11(6-12)7-14(39(31,32)33)9-18(15)40(34,35)36/h2-9H,22H2,1H3,(H,28,29,30)(H,31,32,33)(H,34,35,36). The number of thiazole rings is 1. The molecule has 2 aromatic heterocycles. The topological polar surface area (TPSA) is 245 Å². The highest BCUT2D eigenvalue weighted by molar-refractivity contribution is 7.87. The van der Waals surface area contributed by atoms with Gasteiger partial charge in [0.15, 0.2) is 11.5 Å². The lowest BCUT2D eigenvalue weighted by molar-refractivity contribution is 0.479. The Balaban J connectivity index is 1.56. The van der Waals surface area contributed by atoms with Crippen LogP contribution in [0, 0.1) is 6.92 Å². The minimum atomic E-state index is -4.85. The Morgan fingerprint density at radius 3 is 2.20 bits per heavy atom. The Labute approximate surface area is 229 Å². The van der Waals surface area contributed by atoms with E-state index >= 15 is 0 Å². The predicted octanol–water partition coefficient (Wildman–Crippen LogP) is 3.68. The van der Waals surface area contributed by atoms with E-state index in [-0.39, 0.29) is 43.5 Å². The van der Waals surface area contributed by atoms with Gasteiger partial charge in [-0.25, -0.2) is 9.67 Å². The van der Waals surface area contributed by atoms with Crippen molar-refractivity contribution in [2.45, 2.75) is 21.6 Å². The van der Waals surface area contributed by atoms with E-state index in [2.05, 4.69) is 20.3 Å². The molecular weight excluding hydrogens is 609 g/mol. The quantitative estimate of drug-likeness (QED) is 0.156. The second-order valence-electron chi connectivity index (χ2n) is 8.31.